The first-order valence-electron chi connectivity index (χ1n) is 4.63. The van der Waals surface area contributed by atoms with Gasteiger partial charge in [-0.3, -0.25) is 4.79 Å². The number of nitrogens with zero attached hydrogens (tertiary/aromatic N) is 2. The third-order valence-corrected chi connectivity index (χ3v) is 3.53. The molecule has 0 unspecified atom stereocenters. The highest BCUT2D eigenvalue weighted by Crippen LogP contribution is 2.30. The molecule has 1 aromatic carbocycles. The molecule has 1 aromatic heterocycles. The van der Waals surface area contributed by atoms with Gasteiger partial charge in [-0.1, -0.05) is 41.6 Å². The van der Waals surface area contributed by atoms with E-state index in [4.69, 9.17) is 11.6 Å². The minimum Gasteiger partial charge on any atom is -0.266 e. The van der Waals surface area contributed by atoms with Crippen molar-refractivity contribution in [1.82, 2.24) is 9.78 Å². The molecule has 0 aliphatic rings. The first-order valence-corrected chi connectivity index (χ1v) is 5.82. The van der Waals surface area contributed by atoms with Gasteiger partial charge in [0, 0.05) is 11.9 Å². The van der Waals surface area contributed by atoms with Crippen LogP contribution in [0, 0.1) is 0 Å². The SMILES string of the molecule is Cn1ncc(Sc2ccccc2)c(Cl)c1=O. The van der Waals surface area contributed by atoms with Gasteiger partial charge < -0.3 is 0 Å². The maximum absolute atomic E-state index is 11.5. The number of rotatable bonds is 2. The van der Waals surface area contributed by atoms with Crippen molar-refractivity contribution in [3.63, 3.8) is 0 Å². The van der Waals surface area contributed by atoms with E-state index in [-0.39, 0.29) is 10.6 Å². The van der Waals surface area contributed by atoms with E-state index >= 15 is 0 Å². The average molecular weight is 253 g/mol. The van der Waals surface area contributed by atoms with Crippen LogP contribution in [-0.2, 0) is 7.05 Å². The Morgan fingerprint density at radius 1 is 1.31 bits per heavy atom. The molecule has 0 amide bonds. The second kappa shape index (κ2) is 4.72. The Labute approximate surface area is 102 Å². The van der Waals surface area contributed by atoms with E-state index in [0.717, 1.165) is 4.90 Å². The van der Waals surface area contributed by atoms with Crippen molar-refractivity contribution in [3.05, 3.63) is 51.9 Å². The molecular formula is C11H9ClN2OS. The highest BCUT2D eigenvalue weighted by atomic mass is 35.5. The molecule has 0 aliphatic carbocycles. The topological polar surface area (TPSA) is 34.9 Å². The second-order valence-electron chi connectivity index (χ2n) is 3.17. The molecule has 0 atom stereocenters. The standard InChI is InChI=1S/C11H9ClN2OS/c1-14-11(15)10(12)9(7-13-14)16-8-5-3-2-4-6-8/h2-7H,1H3. The second-order valence-corrected chi connectivity index (χ2v) is 4.66. The van der Waals surface area contributed by atoms with Crippen molar-refractivity contribution >= 4 is 23.4 Å². The van der Waals surface area contributed by atoms with E-state index < -0.39 is 0 Å². The molecule has 0 bridgehead atoms. The maximum Gasteiger partial charge on any atom is 0.286 e. The summed E-state index contributed by atoms with van der Waals surface area (Å²) in [6, 6.07) is 9.72. The summed E-state index contributed by atoms with van der Waals surface area (Å²) in [5, 5.41) is 4.15. The summed E-state index contributed by atoms with van der Waals surface area (Å²) in [5.41, 5.74) is -0.275. The molecule has 0 saturated heterocycles. The van der Waals surface area contributed by atoms with Crippen molar-refractivity contribution < 1.29 is 0 Å². The molecule has 82 valence electrons. The van der Waals surface area contributed by atoms with Crippen LogP contribution in [0.1, 0.15) is 0 Å². The lowest BCUT2D eigenvalue weighted by atomic mass is 10.4. The molecule has 0 spiro atoms. The Morgan fingerprint density at radius 2 is 2.00 bits per heavy atom. The number of aryl methyl sites for hydroxylation is 1. The summed E-state index contributed by atoms with van der Waals surface area (Å²) in [7, 11) is 1.57. The Hall–Kier alpha value is -1.26. The number of hydrogen-bond acceptors (Lipinski definition) is 3. The van der Waals surface area contributed by atoms with Crippen LogP contribution in [0.3, 0.4) is 0 Å². The van der Waals surface area contributed by atoms with Gasteiger partial charge in [0.2, 0.25) is 0 Å². The molecule has 5 heteroatoms. The van der Waals surface area contributed by atoms with Gasteiger partial charge in [-0.2, -0.15) is 5.10 Å². The zero-order valence-electron chi connectivity index (χ0n) is 8.55. The zero-order valence-corrected chi connectivity index (χ0v) is 10.1. The maximum atomic E-state index is 11.5. The van der Waals surface area contributed by atoms with Crippen LogP contribution in [0.25, 0.3) is 0 Å². The minimum absolute atomic E-state index is 0.214. The van der Waals surface area contributed by atoms with E-state index in [1.54, 1.807) is 13.2 Å². The van der Waals surface area contributed by atoms with Gasteiger partial charge in [0.1, 0.15) is 5.02 Å². The molecular weight excluding hydrogens is 244 g/mol. The van der Waals surface area contributed by atoms with Crippen LogP contribution in [0.2, 0.25) is 5.02 Å². The molecule has 1 heterocycles. The number of aromatic nitrogens is 2. The van der Waals surface area contributed by atoms with Crippen molar-refractivity contribution in [1.29, 1.82) is 0 Å². The fourth-order valence-corrected chi connectivity index (χ4v) is 2.29. The van der Waals surface area contributed by atoms with Crippen LogP contribution < -0.4 is 5.56 Å². The lowest BCUT2D eigenvalue weighted by molar-refractivity contribution is 0.696. The largest absolute Gasteiger partial charge is 0.286 e. The summed E-state index contributed by atoms with van der Waals surface area (Å²) < 4.78 is 1.22. The van der Waals surface area contributed by atoms with Gasteiger partial charge in [0.25, 0.3) is 5.56 Å². The van der Waals surface area contributed by atoms with Crippen molar-refractivity contribution in [2.24, 2.45) is 7.05 Å². The molecule has 16 heavy (non-hydrogen) atoms. The molecule has 2 aromatic rings. The molecule has 0 fully saturated rings. The summed E-state index contributed by atoms with van der Waals surface area (Å²) in [6.07, 6.45) is 1.60. The summed E-state index contributed by atoms with van der Waals surface area (Å²) >= 11 is 7.38. The third-order valence-electron chi connectivity index (χ3n) is 2.02. The first-order chi connectivity index (χ1) is 7.68. The van der Waals surface area contributed by atoms with Gasteiger partial charge in [0.05, 0.1) is 11.1 Å². The number of halogens is 1. The van der Waals surface area contributed by atoms with Gasteiger partial charge in [-0.05, 0) is 12.1 Å². The summed E-state index contributed by atoms with van der Waals surface area (Å²) in [6.45, 7) is 0. The molecule has 0 aliphatic heterocycles. The molecule has 0 radical (unpaired) electrons. The van der Waals surface area contributed by atoms with Gasteiger partial charge in [-0.25, -0.2) is 4.68 Å². The summed E-state index contributed by atoms with van der Waals surface area (Å²) in [5.74, 6) is 0. The fraction of sp³-hybridized carbons (Fsp3) is 0.0909. The molecule has 3 nitrogen and oxygen atoms in total. The van der Waals surface area contributed by atoms with Crippen LogP contribution in [0.5, 0.6) is 0 Å². The van der Waals surface area contributed by atoms with E-state index in [9.17, 15) is 4.79 Å². The van der Waals surface area contributed by atoms with E-state index in [0.29, 0.717) is 4.90 Å². The highest BCUT2D eigenvalue weighted by molar-refractivity contribution is 7.99. The smallest absolute Gasteiger partial charge is 0.266 e. The van der Waals surface area contributed by atoms with Crippen molar-refractivity contribution in [2.45, 2.75) is 9.79 Å². The Balaban J connectivity index is 2.37. The van der Waals surface area contributed by atoms with Crippen LogP contribution in [0.4, 0.5) is 0 Å². The fourth-order valence-electron chi connectivity index (χ4n) is 1.18. The number of benzene rings is 1. The quantitative estimate of drug-likeness (QED) is 0.824. The molecule has 0 saturated carbocycles. The summed E-state index contributed by atoms with van der Waals surface area (Å²) in [4.78, 5) is 13.2. The Kier molecular flexibility index (Phi) is 3.31. The van der Waals surface area contributed by atoms with E-state index in [2.05, 4.69) is 5.10 Å². The molecule has 0 N–H and O–H groups in total. The van der Waals surface area contributed by atoms with Crippen LogP contribution in [-0.4, -0.2) is 9.78 Å². The predicted molar refractivity (Wildman–Crippen MR) is 65.1 cm³/mol. The molecule has 2 rings (SSSR count). The van der Waals surface area contributed by atoms with Gasteiger partial charge in [-0.15, -0.1) is 0 Å². The Bertz CT molecular complexity index is 554. The zero-order chi connectivity index (χ0) is 11.5. The average Bonchev–Trinajstić information content (AvgIpc) is 2.31. The van der Waals surface area contributed by atoms with E-state index in [1.165, 1.54) is 16.4 Å². The predicted octanol–water partition coefficient (Wildman–Crippen LogP) is 2.58. The lowest BCUT2D eigenvalue weighted by Crippen LogP contribution is -2.19. The van der Waals surface area contributed by atoms with Crippen molar-refractivity contribution in [2.75, 3.05) is 0 Å². The van der Waals surface area contributed by atoms with E-state index in [1.807, 2.05) is 30.3 Å². The Morgan fingerprint density at radius 3 is 2.69 bits per heavy atom. The van der Waals surface area contributed by atoms with Gasteiger partial charge >= 0.3 is 0 Å². The minimum atomic E-state index is -0.275. The third kappa shape index (κ3) is 2.28. The normalized spacial score (nSPS) is 10.4. The monoisotopic (exact) mass is 252 g/mol. The lowest BCUT2D eigenvalue weighted by Gasteiger charge is -2.04. The first kappa shape index (κ1) is 11.2. The van der Waals surface area contributed by atoms with Gasteiger partial charge in [0.15, 0.2) is 0 Å². The van der Waals surface area contributed by atoms with Crippen LogP contribution >= 0.6 is 23.4 Å². The van der Waals surface area contributed by atoms with Crippen LogP contribution in [0.15, 0.2) is 51.1 Å². The van der Waals surface area contributed by atoms with Crippen molar-refractivity contribution in [3.8, 4) is 0 Å². The highest BCUT2D eigenvalue weighted by Gasteiger charge is 2.08. The number of hydrogen-bond donors (Lipinski definition) is 0.